The maximum absolute atomic E-state index is 6.31. The second-order valence-corrected chi connectivity index (χ2v) is 7.38. The maximum Gasteiger partial charge on any atom is 0.115 e. The average molecular weight is 348 g/mol. The number of aromatic nitrogens is 1. The van der Waals surface area contributed by atoms with Crippen molar-refractivity contribution < 1.29 is 0 Å². The number of thiophene rings is 1. The van der Waals surface area contributed by atoms with E-state index in [1.54, 1.807) is 22.7 Å². The van der Waals surface area contributed by atoms with Crippen LogP contribution in [0.3, 0.4) is 0 Å². The zero-order valence-electron chi connectivity index (χ0n) is 12.9. The lowest BCUT2D eigenvalue weighted by Crippen LogP contribution is -2.09. The number of hydrogen-bond donors (Lipinski definition) is 1. The minimum atomic E-state index is -0.132. The van der Waals surface area contributed by atoms with Crippen LogP contribution in [0.1, 0.15) is 15.9 Å². The highest BCUT2D eigenvalue weighted by Gasteiger charge is 2.14. The fourth-order valence-electron chi connectivity index (χ4n) is 2.62. The van der Waals surface area contributed by atoms with Crippen LogP contribution in [0.2, 0.25) is 0 Å². The largest absolute Gasteiger partial charge is 0.318 e. The molecule has 0 saturated carbocycles. The van der Waals surface area contributed by atoms with E-state index in [0.717, 1.165) is 21.1 Å². The highest BCUT2D eigenvalue weighted by molar-refractivity contribution is 7.11. The summed E-state index contributed by atoms with van der Waals surface area (Å²) >= 11 is 3.29. The van der Waals surface area contributed by atoms with Crippen molar-refractivity contribution in [2.75, 3.05) is 0 Å². The number of rotatable bonds is 4. The van der Waals surface area contributed by atoms with Gasteiger partial charge in [0.15, 0.2) is 0 Å². The van der Waals surface area contributed by atoms with Crippen LogP contribution in [0.15, 0.2) is 77.5 Å². The Kier molecular flexibility index (Phi) is 4.26. The molecule has 1 unspecified atom stereocenters. The van der Waals surface area contributed by atoms with Gasteiger partial charge >= 0.3 is 0 Å². The molecular formula is C20H16N2S2. The van der Waals surface area contributed by atoms with Gasteiger partial charge in [-0.05, 0) is 22.6 Å². The lowest BCUT2D eigenvalue weighted by Gasteiger charge is -2.05. The Morgan fingerprint density at radius 2 is 1.46 bits per heavy atom. The van der Waals surface area contributed by atoms with E-state index in [2.05, 4.69) is 60.0 Å². The topological polar surface area (TPSA) is 38.9 Å². The lowest BCUT2D eigenvalue weighted by atomic mass is 10.0. The van der Waals surface area contributed by atoms with Gasteiger partial charge in [0, 0.05) is 15.8 Å². The predicted octanol–water partition coefficient (Wildman–Crippen LogP) is 5.59. The molecule has 0 aliphatic rings. The molecule has 118 valence electrons. The Morgan fingerprint density at radius 3 is 2.17 bits per heavy atom. The van der Waals surface area contributed by atoms with Gasteiger partial charge in [0.25, 0.3) is 0 Å². The summed E-state index contributed by atoms with van der Waals surface area (Å²) in [4.78, 5) is 5.89. The lowest BCUT2D eigenvalue weighted by molar-refractivity contribution is 0.879. The van der Waals surface area contributed by atoms with Gasteiger partial charge in [-0.15, -0.1) is 22.7 Å². The predicted molar refractivity (Wildman–Crippen MR) is 103 cm³/mol. The standard InChI is InChI=1S/C20H16N2S2/c21-19(18-7-4-12-23-18)20-22-17(13-24-20)16-10-8-15(9-11-16)14-5-2-1-3-6-14/h1-13,19H,21H2. The third kappa shape index (κ3) is 3.04. The summed E-state index contributed by atoms with van der Waals surface area (Å²) in [6, 6.07) is 22.9. The van der Waals surface area contributed by atoms with E-state index in [9.17, 15) is 0 Å². The molecule has 4 heteroatoms. The number of nitrogens with zero attached hydrogens (tertiary/aromatic N) is 1. The molecule has 24 heavy (non-hydrogen) atoms. The first kappa shape index (κ1) is 15.3. The molecule has 2 heterocycles. The van der Waals surface area contributed by atoms with E-state index < -0.39 is 0 Å². The molecule has 2 aromatic carbocycles. The molecule has 0 amide bonds. The third-order valence-electron chi connectivity index (χ3n) is 3.93. The van der Waals surface area contributed by atoms with Crippen molar-refractivity contribution >= 4 is 22.7 Å². The Hall–Kier alpha value is -2.27. The Balaban J connectivity index is 1.59. The van der Waals surface area contributed by atoms with Crippen LogP contribution in [0, 0.1) is 0 Å². The molecule has 0 aliphatic heterocycles. The van der Waals surface area contributed by atoms with Crippen LogP contribution in [-0.2, 0) is 0 Å². The summed E-state index contributed by atoms with van der Waals surface area (Å²) in [5, 5.41) is 5.09. The van der Waals surface area contributed by atoms with E-state index in [4.69, 9.17) is 10.7 Å². The molecule has 1 atom stereocenters. The van der Waals surface area contributed by atoms with Gasteiger partial charge < -0.3 is 5.73 Å². The van der Waals surface area contributed by atoms with Crippen molar-refractivity contribution in [2.24, 2.45) is 5.73 Å². The van der Waals surface area contributed by atoms with Crippen molar-refractivity contribution in [3.8, 4) is 22.4 Å². The molecule has 2 aromatic heterocycles. The highest BCUT2D eigenvalue weighted by atomic mass is 32.1. The SMILES string of the molecule is NC(c1cccs1)c1nc(-c2ccc(-c3ccccc3)cc2)cs1. The molecule has 4 rings (SSSR count). The van der Waals surface area contributed by atoms with Crippen LogP contribution >= 0.6 is 22.7 Å². The van der Waals surface area contributed by atoms with Crippen LogP contribution in [-0.4, -0.2) is 4.98 Å². The van der Waals surface area contributed by atoms with E-state index >= 15 is 0 Å². The minimum absolute atomic E-state index is 0.132. The smallest absolute Gasteiger partial charge is 0.115 e. The van der Waals surface area contributed by atoms with Crippen molar-refractivity contribution in [2.45, 2.75) is 6.04 Å². The molecule has 2 nitrogen and oxygen atoms in total. The summed E-state index contributed by atoms with van der Waals surface area (Å²) in [5.41, 5.74) is 10.9. The molecule has 0 saturated heterocycles. The highest BCUT2D eigenvalue weighted by Crippen LogP contribution is 2.30. The Bertz CT molecular complexity index is 910. The Morgan fingerprint density at radius 1 is 0.750 bits per heavy atom. The van der Waals surface area contributed by atoms with E-state index in [-0.39, 0.29) is 6.04 Å². The van der Waals surface area contributed by atoms with Crippen molar-refractivity contribution in [3.05, 3.63) is 87.4 Å². The van der Waals surface area contributed by atoms with E-state index in [0.29, 0.717) is 0 Å². The first-order valence-corrected chi connectivity index (χ1v) is 9.47. The summed E-state index contributed by atoms with van der Waals surface area (Å²) in [6.07, 6.45) is 0. The van der Waals surface area contributed by atoms with Gasteiger partial charge in [0.1, 0.15) is 5.01 Å². The van der Waals surface area contributed by atoms with Crippen LogP contribution in [0.4, 0.5) is 0 Å². The number of thiazole rings is 1. The summed E-state index contributed by atoms with van der Waals surface area (Å²) < 4.78 is 0. The zero-order valence-corrected chi connectivity index (χ0v) is 14.6. The second kappa shape index (κ2) is 6.69. The molecule has 0 bridgehead atoms. The number of nitrogens with two attached hydrogens (primary N) is 1. The first-order chi connectivity index (χ1) is 11.8. The van der Waals surface area contributed by atoms with E-state index in [1.807, 2.05) is 17.5 Å². The quantitative estimate of drug-likeness (QED) is 0.522. The summed E-state index contributed by atoms with van der Waals surface area (Å²) in [5.74, 6) is 0. The van der Waals surface area contributed by atoms with E-state index in [1.165, 1.54) is 11.1 Å². The normalized spacial score (nSPS) is 12.2. The summed E-state index contributed by atoms with van der Waals surface area (Å²) in [7, 11) is 0. The average Bonchev–Trinajstić information content (AvgIpc) is 3.34. The fraction of sp³-hybridized carbons (Fsp3) is 0.0500. The van der Waals surface area contributed by atoms with Gasteiger partial charge in [-0.1, -0.05) is 60.7 Å². The van der Waals surface area contributed by atoms with Gasteiger partial charge in [0.2, 0.25) is 0 Å². The zero-order chi connectivity index (χ0) is 16.4. The fourth-order valence-corrected chi connectivity index (χ4v) is 4.27. The number of hydrogen-bond acceptors (Lipinski definition) is 4. The second-order valence-electron chi connectivity index (χ2n) is 5.51. The third-order valence-corrected chi connectivity index (χ3v) is 5.81. The van der Waals surface area contributed by atoms with Gasteiger partial charge in [0.05, 0.1) is 11.7 Å². The molecule has 0 radical (unpaired) electrons. The van der Waals surface area contributed by atoms with Gasteiger partial charge in [-0.2, -0.15) is 0 Å². The molecule has 0 spiro atoms. The van der Waals surface area contributed by atoms with Crippen LogP contribution in [0.5, 0.6) is 0 Å². The molecule has 4 aromatic rings. The minimum Gasteiger partial charge on any atom is -0.318 e. The van der Waals surface area contributed by atoms with Gasteiger partial charge in [-0.25, -0.2) is 4.98 Å². The number of benzene rings is 2. The summed E-state index contributed by atoms with van der Waals surface area (Å²) in [6.45, 7) is 0. The first-order valence-electron chi connectivity index (χ1n) is 7.71. The molecule has 0 fully saturated rings. The molecule has 2 N–H and O–H groups in total. The van der Waals surface area contributed by atoms with Gasteiger partial charge in [-0.3, -0.25) is 0 Å². The maximum atomic E-state index is 6.31. The molecular weight excluding hydrogens is 332 g/mol. The van der Waals surface area contributed by atoms with Crippen molar-refractivity contribution in [1.29, 1.82) is 0 Å². The van der Waals surface area contributed by atoms with Crippen LogP contribution in [0.25, 0.3) is 22.4 Å². The van der Waals surface area contributed by atoms with Crippen LogP contribution < -0.4 is 5.73 Å². The molecule has 0 aliphatic carbocycles. The monoisotopic (exact) mass is 348 g/mol. The van der Waals surface area contributed by atoms with Crippen molar-refractivity contribution in [3.63, 3.8) is 0 Å². The van der Waals surface area contributed by atoms with Crippen molar-refractivity contribution in [1.82, 2.24) is 4.98 Å². The Labute approximate surface area is 149 Å².